The van der Waals surface area contributed by atoms with Gasteiger partial charge in [-0.05, 0) is 43.0 Å². The molecule has 1 fully saturated rings. The molecule has 2 atom stereocenters. The van der Waals surface area contributed by atoms with Crippen molar-refractivity contribution in [1.29, 1.82) is 0 Å². The van der Waals surface area contributed by atoms with Crippen LogP contribution in [0, 0.1) is 22.4 Å². The second kappa shape index (κ2) is 5.49. The van der Waals surface area contributed by atoms with Gasteiger partial charge in [0.15, 0.2) is 4.77 Å². The molecule has 3 rings (SSSR count). The van der Waals surface area contributed by atoms with Crippen molar-refractivity contribution >= 4 is 34.9 Å². The third-order valence-corrected chi connectivity index (χ3v) is 4.91. The Hall–Kier alpha value is -0.870. The average molecular weight is 313 g/mol. The molecule has 0 saturated heterocycles. The molecule has 5 heteroatoms. The van der Waals surface area contributed by atoms with Crippen molar-refractivity contribution in [3.63, 3.8) is 0 Å². The maximum atomic E-state index is 13.7. The molecule has 1 aromatic carbocycles. The van der Waals surface area contributed by atoms with Crippen molar-refractivity contribution in [3.05, 3.63) is 27.7 Å². The summed E-state index contributed by atoms with van der Waals surface area (Å²) in [4.78, 5) is 3.12. The maximum absolute atomic E-state index is 13.7. The van der Waals surface area contributed by atoms with E-state index in [0.717, 1.165) is 23.5 Å². The van der Waals surface area contributed by atoms with Crippen LogP contribution in [0.25, 0.3) is 11.0 Å². The smallest absolute Gasteiger partial charge is 0.178 e. The van der Waals surface area contributed by atoms with Crippen molar-refractivity contribution < 1.29 is 4.39 Å². The van der Waals surface area contributed by atoms with Crippen LogP contribution in [0.5, 0.6) is 0 Å². The number of benzene rings is 1. The summed E-state index contributed by atoms with van der Waals surface area (Å²) in [6.07, 6.45) is 5.06. The Kier molecular flexibility index (Phi) is 3.87. The molecule has 1 heterocycles. The molecular weight excluding hydrogens is 295 g/mol. The number of aromatic nitrogens is 2. The van der Waals surface area contributed by atoms with Crippen LogP contribution >= 0.6 is 23.8 Å². The third kappa shape index (κ3) is 2.63. The first-order chi connectivity index (χ1) is 9.54. The Bertz CT molecular complexity index is 691. The lowest BCUT2D eigenvalue weighted by Gasteiger charge is -2.27. The molecule has 0 bridgehead atoms. The lowest BCUT2D eigenvalue weighted by molar-refractivity contribution is 0.258. The van der Waals surface area contributed by atoms with E-state index >= 15 is 0 Å². The van der Waals surface area contributed by atoms with Crippen molar-refractivity contribution in [2.24, 2.45) is 11.8 Å². The molecule has 0 spiro atoms. The molecule has 20 heavy (non-hydrogen) atoms. The molecule has 2 nitrogen and oxygen atoms in total. The predicted molar refractivity (Wildman–Crippen MR) is 83.2 cm³/mol. The number of imidazole rings is 1. The largest absolute Gasteiger partial charge is 0.331 e. The van der Waals surface area contributed by atoms with Gasteiger partial charge < -0.3 is 9.55 Å². The SMILES string of the molecule is CC1CCCC(Cn2c(=S)[nH]c3cc(Cl)c(F)cc32)C1. The number of halogens is 2. The molecule has 108 valence electrons. The standard InChI is InChI=1S/C15H18ClFN2S/c1-9-3-2-4-10(5-9)8-19-14-7-12(17)11(16)6-13(14)18-15(19)20/h6-7,9-10H,2-5,8H2,1H3,(H,18,20). The summed E-state index contributed by atoms with van der Waals surface area (Å²) < 4.78 is 16.4. The number of hydrogen-bond acceptors (Lipinski definition) is 1. The Morgan fingerprint density at radius 1 is 1.45 bits per heavy atom. The van der Waals surface area contributed by atoms with E-state index in [4.69, 9.17) is 23.8 Å². The van der Waals surface area contributed by atoms with Crippen LogP contribution in [0.1, 0.15) is 32.6 Å². The van der Waals surface area contributed by atoms with Gasteiger partial charge in [-0.1, -0.05) is 31.4 Å². The van der Waals surface area contributed by atoms with Gasteiger partial charge >= 0.3 is 0 Å². The fourth-order valence-electron chi connectivity index (χ4n) is 3.32. The quantitative estimate of drug-likeness (QED) is 0.744. The van der Waals surface area contributed by atoms with E-state index in [1.165, 1.54) is 31.7 Å². The van der Waals surface area contributed by atoms with Crippen LogP contribution in [-0.4, -0.2) is 9.55 Å². The van der Waals surface area contributed by atoms with Gasteiger partial charge in [0, 0.05) is 12.6 Å². The molecule has 1 aliphatic rings. The van der Waals surface area contributed by atoms with E-state index in [-0.39, 0.29) is 10.8 Å². The fourth-order valence-corrected chi connectivity index (χ4v) is 3.76. The van der Waals surface area contributed by atoms with Crippen LogP contribution < -0.4 is 0 Å². The predicted octanol–water partition coefficient (Wildman–Crippen LogP) is 5.32. The molecule has 1 saturated carbocycles. The van der Waals surface area contributed by atoms with E-state index in [9.17, 15) is 4.39 Å². The summed E-state index contributed by atoms with van der Waals surface area (Å²) in [5, 5.41) is 0.132. The molecular formula is C15H18ClFN2S. The number of rotatable bonds is 2. The minimum Gasteiger partial charge on any atom is -0.331 e. The molecule has 1 aromatic heterocycles. The molecule has 0 radical (unpaired) electrons. The van der Waals surface area contributed by atoms with Crippen LogP contribution in [0.15, 0.2) is 12.1 Å². The molecule has 1 N–H and O–H groups in total. The summed E-state index contributed by atoms with van der Waals surface area (Å²) in [6.45, 7) is 3.17. The Morgan fingerprint density at radius 2 is 2.25 bits per heavy atom. The molecule has 2 unspecified atom stereocenters. The number of H-pyrrole nitrogens is 1. The van der Waals surface area contributed by atoms with Gasteiger partial charge in [0.05, 0.1) is 16.1 Å². The van der Waals surface area contributed by atoms with Gasteiger partial charge in [-0.3, -0.25) is 0 Å². The first-order valence-electron chi connectivity index (χ1n) is 7.12. The lowest BCUT2D eigenvalue weighted by atomic mass is 9.82. The van der Waals surface area contributed by atoms with Crippen molar-refractivity contribution in [1.82, 2.24) is 9.55 Å². The molecule has 0 aliphatic heterocycles. The van der Waals surface area contributed by atoms with Crippen molar-refractivity contribution in [2.45, 2.75) is 39.2 Å². The van der Waals surface area contributed by atoms with Crippen LogP contribution in [0.3, 0.4) is 0 Å². The van der Waals surface area contributed by atoms with Gasteiger partial charge in [0.2, 0.25) is 0 Å². The highest BCUT2D eigenvalue weighted by atomic mass is 35.5. The van der Waals surface area contributed by atoms with Gasteiger partial charge in [-0.15, -0.1) is 0 Å². The van der Waals surface area contributed by atoms with Gasteiger partial charge in [0.25, 0.3) is 0 Å². The van der Waals surface area contributed by atoms with E-state index < -0.39 is 0 Å². The van der Waals surface area contributed by atoms with E-state index in [1.807, 2.05) is 4.57 Å². The lowest BCUT2D eigenvalue weighted by Crippen LogP contribution is -2.18. The summed E-state index contributed by atoms with van der Waals surface area (Å²) >= 11 is 11.2. The Morgan fingerprint density at radius 3 is 3.00 bits per heavy atom. The van der Waals surface area contributed by atoms with Gasteiger partial charge in [-0.2, -0.15) is 0 Å². The number of nitrogens with zero attached hydrogens (tertiary/aromatic N) is 1. The number of aromatic amines is 1. The van der Waals surface area contributed by atoms with Gasteiger partial charge in [-0.25, -0.2) is 4.39 Å². The summed E-state index contributed by atoms with van der Waals surface area (Å²) in [6, 6.07) is 3.10. The number of fused-ring (bicyclic) bond motifs is 1. The second-order valence-electron chi connectivity index (χ2n) is 5.96. The number of nitrogens with one attached hydrogen (secondary N) is 1. The molecule has 1 aliphatic carbocycles. The topological polar surface area (TPSA) is 20.7 Å². The monoisotopic (exact) mass is 312 g/mol. The summed E-state index contributed by atoms with van der Waals surface area (Å²) in [5.41, 5.74) is 1.63. The highest BCUT2D eigenvalue weighted by molar-refractivity contribution is 7.71. The molecule has 0 amide bonds. The average Bonchev–Trinajstić information content (AvgIpc) is 2.67. The highest BCUT2D eigenvalue weighted by Crippen LogP contribution is 2.31. The van der Waals surface area contributed by atoms with Crippen LogP contribution in [0.4, 0.5) is 4.39 Å². The summed E-state index contributed by atoms with van der Waals surface area (Å²) in [7, 11) is 0. The highest BCUT2D eigenvalue weighted by Gasteiger charge is 2.20. The normalized spacial score (nSPS) is 23.4. The minimum absolute atomic E-state index is 0.132. The van der Waals surface area contributed by atoms with Crippen molar-refractivity contribution in [3.8, 4) is 0 Å². The van der Waals surface area contributed by atoms with E-state index in [2.05, 4.69) is 11.9 Å². The fraction of sp³-hybridized carbons (Fsp3) is 0.533. The van der Waals surface area contributed by atoms with E-state index in [1.54, 1.807) is 6.07 Å². The molecule has 2 aromatic rings. The van der Waals surface area contributed by atoms with Crippen molar-refractivity contribution in [2.75, 3.05) is 0 Å². The minimum atomic E-state index is -0.390. The number of hydrogen-bond donors (Lipinski definition) is 1. The van der Waals surface area contributed by atoms with Crippen LogP contribution in [0.2, 0.25) is 5.02 Å². The van der Waals surface area contributed by atoms with Crippen LogP contribution in [-0.2, 0) is 6.54 Å². The summed E-state index contributed by atoms with van der Waals surface area (Å²) in [5.74, 6) is 1.02. The first kappa shape index (κ1) is 14.1. The zero-order chi connectivity index (χ0) is 14.3. The van der Waals surface area contributed by atoms with E-state index in [0.29, 0.717) is 10.7 Å². The zero-order valence-corrected chi connectivity index (χ0v) is 13.0. The first-order valence-corrected chi connectivity index (χ1v) is 7.91. The maximum Gasteiger partial charge on any atom is 0.178 e. The third-order valence-electron chi connectivity index (χ3n) is 4.30. The van der Waals surface area contributed by atoms with Gasteiger partial charge in [0.1, 0.15) is 5.82 Å². The Balaban J connectivity index is 1.96. The zero-order valence-electron chi connectivity index (χ0n) is 11.5. The second-order valence-corrected chi connectivity index (χ2v) is 6.76. The Labute approximate surface area is 127 Å².